The number of amides is 4. The first-order valence-electron chi connectivity index (χ1n) is 11.1. The van der Waals surface area contributed by atoms with E-state index in [1.165, 1.54) is 0 Å². The predicted octanol–water partition coefficient (Wildman–Crippen LogP) is 3.00. The summed E-state index contributed by atoms with van der Waals surface area (Å²) in [5.41, 5.74) is -0.127. The highest BCUT2D eigenvalue weighted by Crippen LogP contribution is 2.20. The van der Waals surface area contributed by atoms with E-state index in [-0.39, 0.29) is 35.2 Å². The van der Waals surface area contributed by atoms with Crippen LogP contribution in [-0.4, -0.2) is 65.9 Å². The number of piperazine rings is 1. The molecule has 1 rings (SSSR count). The molecule has 0 aromatic rings. The summed E-state index contributed by atoms with van der Waals surface area (Å²) in [6.07, 6.45) is 3.19. The minimum atomic E-state index is -0.521. The number of rotatable bonds is 8. The van der Waals surface area contributed by atoms with E-state index >= 15 is 0 Å². The van der Waals surface area contributed by atoms with Gasteiger partial charge < -0.3 is 20.4 Å². The van der Waals surface area contributed by atoms with Gasteiger partial charge >= 0.3 is 6.03 Å². The molecule has 7 heteroatoms. The van der Waals surface area contributed by atoms with Gasteiger partial charge in [0.05, 0.1) is 0 Å². The number of unbranched alkanes of at least 4 members (excludes halogenated alkanes) is 1. The first-order valence-corrected chi connectivity index (χ1v) is 11.1. The van der Waals surface area contributed by atoms with Crippen LogP contribution in [0.4, 0.5) is 4.79 Å². The maximum Gasteiger partial charge on any atom is 0.317 e. The van der Waals surface area contributed by atoms with E-state index in [9.17, 15) is 14.4 Å². The molecule has 3 atom stereocenters. The zero-order valence-electron chi connectivity index (χ0n) is 19.5. The zero-order chi connectivity index (χ0) is 22.2. The molecule has 29 heavy (non-hydrogen) atoms. The Labute approximate surface area is 177 Å². The van der Waals surface area contributed by atoms with E-state index in [0.717, 1.165) is 19.3 Å². The van der Waals surface area contributed by atoms with E-state index < -0.39 is 6.04 Å². The molecule has 1 aliphatic rings. The molecule has 4 amide bonds. The molecular weight excluding hydrogens is 368 g/mol. The maximum atomic E-state index is 13.2. The molecule has 1 saturated heterocycles. The van der Waals surface area contributed by atoms with E-state index in [0.29, 0.717) is 32.6 Å². The topological polar surface area (TPSA) is 81.8 Å². The van der Waals surface area contributed by atoms with Gasteiger partial charge in [-0.2, -0.15) is 0 Å². The lowest BCUT2D eigenvalue weighted by Gasteiger charge is -2.41. The van der Waals surface area contributed by atoms with Gasteiger partial charge in [0.2, 0.25) is 11.8 Å². The number of hydrogen-bond donors (Lipinski definition) is 2. The van der Waals surface area contributed by atoms with Crippen LogP contribution in [0, 0.1) is 11.3 Å². The van der Waals surface area contributed by atoms with Crippen LogP contribution >= 0.6 is 0 Å². The Morgan fingerprint density at radius 3 is 2.31 bits per heavy atom. The molecular formula is C22H42N4O3. The smallest absolute Gasteiger partial charge is 0.317 e. The Kier molecular flexibility index (Phi) is 9.93. The predicted molar refractivity (Wildman–Crippen MR) is 117 cm³/mol. The third-order valence-electron chi connectivity index (χ3n) is 5.49. The molecule has 1 fully saturated rings. The van der Waals surface area contributed by atoms with Crippen LogP contribution in [0.2, 0.25) is 0 Å². The van der Waals surface area contributed by atoms with Crippen LogP contribution < -0.4 is 10.6 Å². The molecule has 7 nitrogen and oxygen atoms in total. The van der Waals surface area contributed by atoms with Crippen molar-refractivity contribution in [2.24, 2.45) is 11.3 Å². The largest absolute Gasteiger partial charge is 0.344 e. The molecule has 0 aromatic carbocycles. The maximum absolute atomic E-state index is 13.2. The van der Waals surface area contributed by atoms with Crippen molar-refractivity contribution < 1.29 is 14.4 Å². The average Bonchev–Trinajstić information content (AvgIpc) is 2.63. The van der Waals surface area contributed by atoms with Gasteiger partial charge in [-0.25, -0.2) is 4.79 Å². The fourth-order valence-electron chi connectivity index (χ4n) is 3.52. The van der Waals surface area contributed by atoms with Crippen LogP contribution in [0.15, 0.2) is 0 Å². The van der Waals surface area contributed by atoms with Gasteiger partial charge in [-0.3, -0.25) is 9.59 Å². The van der Waals surface area contributed by atoms with Gasteiger partial charge in [0, 0.05) is 38.6 Å². The monoisotopic (exact) mass is 410 g/mol. The quantitative estimate of drug-likeness (QED) is 0.604. The van der Waals surface area contributed by atoms with Gasteiger partial charge in [0.1, 0.15) is 6.04 Å². The summed E-state index contributed by atoms with van der Waals surface area (Å²) < 4.78 is 0. The second-order valence-electron chi connectivity index (χ2n) is 9.58. The van der Waals surface area contributed by atoms with Gasteiger partial charge in [-0.1, -0.05) is 54.4 Å². The van der Waals surface area contributed by atoms with Crippen molar-refractivity contribution in [2.75, 3.05) is 26.2 Å². The molecule has 0 aliphatic carbocycles. The third kappa shape index (κ3) is 8.23. The fourth-order valence-corrected chi connectivity index (χ4v) is 3.52. The molecule has 1 aliphatic heterocycles. The summed E-state index contributed by atoms with van der Waals surface area (Å²) in [7, 11) is 0. The standard InChI is InChI=1S/C22H42N4O3/c1-8-10-11-23-21(29)26-13-12-25(15-17(26)4)20(28)19(16(3)9-2)24-18(27)14-22(5,6)7/h16-17,19H,8-15H2,1-7H3,(H,23,29)(H,24,27). The lowest BCUT2D eigenvalue weighted by molar-refractivity contribution is -0.140. The van der Waals surface area contributed by atoms with E-state index in [1.54, 1.807) is 9.80 Å². The Balaban J connectivity index is 2.73. The van der Waals surface area contributed by atoms with Crippen LogP contribution in [0.25, 0.3) is 0 Å². The molecule has 168 valence electrons. The Bertz CT molecular complexity index is 559. The molecule has 1 heterocycles. The van der Waals surface area contributed by atoms with Crippen molar-refractivity contribution in [1.29, 1.82) is 0 Å². The second-order valence-corrected chi connectivity index (χ2v) is 9.58. The zero-order valence-corrected chi connectivity index (χ0v) is 19.5. The SMILES string of the molecule is CCCCNC(=O)N1CCN(C(=O)C(NC(=O)CC(C)(C)C)C(C)CC)CC1C. The number of nitrogens with one attached hydrogen (secondary N) is 2. The normalized spacial score (nSPS) is 19.5. The van der Waals surface area contributed by atoms with Gasteiger partial charge in [-0.15, -0.1) is 0 Å². The summed E-state index contributed by atoms with van der Waals surface area (Å²) >= 11 is 0. The fraction of sp³-hybridized carbons (Fsp3) is 0.864. The summed E-state index contributed by atoms with van der Waals surface area (Å²) in [5, 5.41) is 5.93. The molecule has 0 bridgehead atoms. The summed E-state index contributed by atoms with van der Waals surface area (Å²) in [6, 6.07) is -0.640. The molecule has 0 aromatic heterocycles. The Morgan fingerprint density at radius 2 is 1.79 bits per heavy atom. The highest BCUT2D eigenvalue weighted by molar-refractivity contribution is 5.88. The van der Waals surface area contributed by atoms with Crippen molar-refractivity contribution in [3.8, 4) is 0 Å². The van der Waals surface area contributed by atoms with Gasteiger partial charge in [0.15, 0.2) is 0 Å². The first kappa shape index (κ1) is 25.2. The number of nitrogens with zero attached hydrogens (tertiary/aromatic N) is 2. The number of hydrogen-bond acceptors (Lipinski definition) is 3. The molecule has 0 spiro atoms. The van der Waals surface area contributed by atoms with Crippen molar-refractivity contribution >= 4 is 17.8 Å². The number of urea groups is 1. The lowest BCUT2D eigenvalue weighted by Crippen LogP contribution is -2.61. The summed E-state index contributed by atoms with van der Waals surface area (Å²) in [4.78, 5) is 41.7. The average molecular weight is 411 g/mol. The molecule has 0 radical (unpaired) electrons. The molecule has 0 saturated carbocycles. The highest BCUT2D eigenvalue weighted by atomic mass is 16.2. The summed E-state index contributed by atoms with van der Waals surface area (Å²) in [6.45, 7) is 16.3. The van der Waals surface area contributed by atoms with E-state index in [4.69, 9.17) is 0 Å². The first-order chi connectivity index (χ1) is 13.5. The van der Waals surface area contributed by atoms with Crippen LogP contribution in [0.5, 0.6) is 0 Å². The number of carbonyl (C=O) groups excluding carboxylic acids is 3. The van der Waals surface area contributed by atoms with Crippen molar-refractivity contribution in [2.45, 2.75) is 86.2 Å². The lowest BCUT2D eigenvalue weighted by atomic mass is 9.91. The van der Waals surface area contributed by atoms with Crippen molar-refractivity contribution in [1.82, 2.24) is 20.4 Å². The van der Waals surface area contributed by atoms with E-state index in [1.807, 2.05) is 41.5 Å². The van der Waals surface area contributed by atoms with Gasteiger partial charge in [-0.05, 0) is 24.7 Å². The highest BCUT2D eigenvalue weighted by Gasteiger charge is 2.35. The molecule has 3 unspecified atom stereocenters. The van der Waals surface area contributed by atoms with Crippen LogP contribution in [0.3, 0.4) is 0 Å². The van der Waals surface area contributed by atoms with Crippen molar-refractivity contribution in [3.05, 3.63) is 0 Å². The minimum Gasteiger partial charge on any atom is -0.344 e. The third-order valence-corrected chi connectivity index (χ3v) is 5.49. The second kappa shape index (κ2) is 11.4. The van der Waals surface area contributed by atoms with Gasteiger partial charge in [0.25, 0.3) is 0 Å². The summed E-state index contributed by atoms with van der Waals surface area (Å²) in [5.74, 6) is -0.0743. The van der Waals surface area contributed by atoms with E-state index in [2.05, 4.69) is 17.6 Å². The van der Waals surface area contributed by atoms with Crippen molar-refractivity contribution in [3.63, 3.8) is 0 Å². The molecule has 2 N–H and O–H groups in total. The van der Waals surface area contributed by atoms with Crippen LogP contribution in [0.1, 0.15) is 74.1 Å². The minimum absolute atomic E-state index is 0.0421. The Morgan fingerprint density at radius 1 is 1.14 bits per heavy atom. The Hall–Kier alpha value is -1.79. The van der Waals surface area contributed by atoms with Crippen LogP contribution in [-0.2, 0) is 9.59 Å². The number of carbonyl (C=O) groups is 3.